The lowest BCUT2D eigenvalue weighted by molar-refractivity contribution is 0.391. The highest BCUT2D eigenvalue weighted by Crippen LogP contribution is 2.76. The first-order valence-corrected chi connectivity index (χ1v) is 7.98. The van der Waals surface area contributed by atoms with Crippen LogP contribution < -0.4 is 0 Å². The van der Waals surface area contributed by atoms with Gasteiger partial charge < -0.3 is 0 Å². The minimum atomic E-state index is -1.55. The van der Waals surface area contributed by atoms with Crippen molar-refractivity contribution < 1.29 is 0 Å². The zero-order chi connectivity index (χ0) is 13.2. The molecule has 0 saturated heterocycles. The predicted octanol–water partition coefficient (Wildman–Crippen LogP) is 5.54. The fourth-order valence-electron chi connectivity index (χ4n) is 2.63. The van der Waals surface area contributed by atoms with Crippen LogP contribution in [-0.2, 0) is 0 Å². The van der Waals surface area contributed by atoms with Gasteiger partial charge in [-0.25, -0.2) is 0 Å². The zero-order valence-electron chi connectivity index (χ0n) is 8.09. The van der Waals surface area contributed by atoms with Crippen LogP contribution in [-0.4, -0.2) is 25.8 Å². The number of fused-ring (bicyclic) bond motifs is 2. The van der Waals surface area contributed by atoms with E-state index >= 15 is 0 Å². The van der Waals surface area contributed by atoms with Gasteiger partial charge in [0.2, 0.25) is 0 Å². The number of halogens is 8. The van der Waals surface area contributed by atoms with E-state index in [1.807, 2.05) is 0 Å². The van der Waals surface area contributed by atoms with Crippen LogP contribution in [0.15, 0.2) is 10.1 Å². The lowest BCUT2D eigenvalue weighted by atomic mass is 9.84. The lowest BCUT2D eigenvalue weighted by Gasteiger charge is -2.34. The zero-order valence-corrected chi connectivity index (χ0v) is 14.1. The van der Waals surface area contributed by atoms with E-state index in [4.69, 9.17) is 92.8 Å². The molecule has 0 radical (unpaired) electrons. The molecule has 0 aromatic heterocycles. The molecule has 2 rings (SSSR count). The average molecular weight is 398 g/mol. The van der Waals surface area contributed by atoms with Gasteiger partial charge in [0.05, 0.1) is 10.1 Å². The van der Waals surface area contributed by atoms with Gasteiger partial charge in [0, 0.05) is 23.6 Å². The van der Waals surface area contributed by atoms with Crippen molar-refractivity contribution in [2.75, 3.05) is 11.8 Å². The molecule has 98 valence electrons. The van der Waals surface area contributed by atoms with E-state index in [9.17, 15) is 0 Å². The molecule has 17 heavy (non-hydrogen) atoms. The number of alkyl halides is 6. The molecule has 0 spiro atoms. The molecule has 0 aliphatic heterocycles. The number of allylic oxidation sites excluding steroid dienone is 2. The topological polar surface area (TPSA) is 0 Å². The summed E-state index contributed by atoms with van der Waals surface area (Å²) in [6, 6.07) is 0. The maximum Gasteiger partial charge on any atom is 0.166 e. The first kappa shape index (κ1) is 15.4. The van der Waals surface area contributed by atoms with Gasteiger partial charge in [-0.2, -0.15) is 0 Å². The second-order valence-electron chi connectivity index (χ2n) is 4.15. The van der Waals surface area contributed by atoms with Crippen molar-refractivity contribution in [1.82, 2.24) is 0 Å². The number of hydrogen-bond donors (Lipinski definition) is 0. The molecule has 2 aliphatic carbocycles. The van der Waals surface area contributed by atoms with Crippen molar-refractivity contribution in [2.24, 2.45) is 11.8 Å². The highest BCUT2D eigenvalue weighted by atomic mass is 35.5. The van der Waals surface area contributed by atoms with E-state index in [-0.39, 0.29) is 33.7 Å². The summed E-state index contributed by atoms with van der Waals surface area (Å²) >= 11 is 49.8. The molecule has 0 amide bonds. The summed E-state index contributed by atoms with van der Waals surface area (Å²) in [5.41, 5.74) is 0. The van der Waals surface area contributed by atoms with Crippen molar-refractivity contribution in [3.63, 3.8) is 0 Å². The Balaban J connectivity index is 2.72. The molecule has 0 unspecified atom stereocenters. The second kappa shape index (κ2) is 4.53. The Bertz CT molecular complexity index is 356. The summed E-state index contributed by atoms with van der Waals surface area (Å²) in [5.74, 6) is -0.301. The smallest absolute Gasteiger partial charge is 0.126 e. The second-order valence-corrected chi connectivity index (χ2v) is 8.04. The Hall–Kier alpha value is 2.06. The molecule has 2 aliphatic rings. The summed E-state index contributed by atoms with van der Waals surface area (Å²) in [6.45, 7) is 0. The van der Waals surface area contributed by atoms with Gasteiger partial charge in [0.15, 0.2) is 4.33 Å². The third-order valence-electron chi connectivity index (χ3n) is 3.59. The minimum absolute atomic E-state index is 0.160. The molecular formula is C9H6Cl8. The van der Waals surface area contributed by atoms with Crippen LogP contribution in [0.2, 0.25) is 0 Å². The molecule has 0 heterocycles. The molecule has 0 nitrogen and oxygen atoms in total. The molecular weight excluding hydrogens is 392 g/mol. The van der Waals surface area contributed by atoms with Crippen LogP contribution in [0.5, 0.6) is 0 Å². The van der Waals surface area contributed by atoms with Gasteiger partial charge in [0.25, 0.3) is 0 Å². The first-order chi connectivity index (χ1) is 7.71. The SMILES string of the molecule is ClC[C@H]1[C@H](CCl)[C@@]2(Cl)C(Cl)=C(Cl)[C@@]1(Cl)C2(Cl)Cl. The van der Waals surface area contributed by atoms with Crippen LogP contribution in [0.3, 0.4) is 0 Å². The molecule has 1 fully saturated rings. The van der Waals surface area contributed by atoms with Gasteiger partial charge in [-0.3, -0.25) is 0 Å². The average Bonchev–Trinajstić information content (AvgIpc) is 2.48. The maximum atomic E-state index is 6.50. The lowest BCUT2D eigenvalue weighted by Crippen LogP contribution is -2.45. The molecule has 2 bridgehead atoms. The summed E-state index contributed by atoms with van der Waals surface area (Å²) in [4.78, 5) is -2.59. The van der Waals surface area contributed by atoms with E-state index in [0.29, 0.717) is 0 Å². The quantitative estimate of drug-likeness (QED) is 0.536. The van der Waals surface area contributed by atoms with Gasteiger partial charge in [-0.15, -0.1) is 46.4 Å². The van der Waals surface area contributed by atoms with Crippen molar-refractivity contribution in [3.05, 3.63) is 10.1 Å². The Morgan fingerprint density at radius 2 is 1.06 bits per heavy atom. The fraction of sp³-hybridized carbons (Fsp3) is 0.778. The Labute approximate surface area is 139 Å². The molecule has 0 N–H and O–H groups in total. The van der Waals surface area contributed by atoms with Crippen molar-refractivity contribution >= 4 is 92.8 Å². The summed E-state index contributed by atoms with van der Waals surface area (Å²) in [7, 11) is 0. The van der Waals surface area contributed by atoms with E-state index in [0.717, 1.165) is 0 Å². The molecule has 4 atom stereocenters. The van der Waals surface area contributed by atoms with Crippen LogP contribution in [0.4, 0.5) is 0 Å². The fourth-order valence-corrected chi connectivity index (χ4v) is 6.77. The van der Waals surface area contributed by atoms with Gasteiger partial charge in [0.1, 0.15) is 9.75 Å². The Morgan fingerprint density at radius 1 is 0.765 bits per heavy atom. The summed E-state index contributed by atoms with van der Waals surface area (Å²) in [6.07, 6.45) is 0. The van der Waals surface area contributed by atoms with Crippen LogP contribution in [0.25, 0.3) is 0 Å². The van der Waals surface area contributed by atoms with E-state index in [1.54, 1.807) is 0 Å². The van der Waals surface area contributed by atoms with Crippen molar-refractivity contribution in [1.29, 1.82) is 0 Å². The van der Waals surface area contributed by atoms with Crippen molar-refractivity contribution in [3.8, 4) is 0 Å². The summed E-state index contributed by atoms with van der Waals surface area (Å²) in [5, 5.41) is 0.320. The first-order valence-electron chi connectivity index (χ1n) is 4.65. The number of hydrogen-bond acceptors (Lipinski definition) is 0. The van der Waals surface area contributed by atoms with E-state index in [1.165, 1.54) is 0 Å². The van der Waals surface area contributed by atoms with Gasteiger partial charge in [-0.05, 0) is 0 Å². The third kappa shape index (κ3) is 1.48. The summed E-state index contributed by atoms with van der Waals surface area (Å²) < 4.78 is -1.55. The molecule has 8 heteroatoms. The Kier molecular flexibility index (Phi) is 4.12. The third-order valence-corrected chi connectivity index (χ3v) is 8.60. The number of rotatable bonds is 2. The molecule has 0 aromatic rings. The highest BCUT2D eigenvalue weighted by molar-refractivity contribution is 6.65. The normalized spacial score (nSPS) is 48.0. The maximum absolute atomic E-state index is 6.50. The monoisotopic (exact) mass is 394 g/mol. The largest absolute Gasteiger partial charge is 0.166 e. The van der Waals surface area contributed by atoms with Gasteiger partial charge >= 0.3 is 0 Å². The highest BCUT2D eigenvalue weighted by Gasteiger charge is 2.81. The van der Waals surface area contributed by atoms with Crippen LogP contribution in [0.1, 0.15) is 0 Å². The van der Waals surface area contributed by atoms with Crippen LogP contribution >= 0.6 is 92.8 Å². The van der Waals surface area contributed by atoms with E-state index < -0.39 is 14.1 Å². The molecule has 1 saturated carbocycles. The standard InChI is InChI=1S/C9H6Cl8/c10-1-3-4(2-11)8(15)6(13)5(12)7(3,14)9(8,16)17/h3-4H,1-2H2/t3-,4-,7+,8+/m0/s1. The Morgan fingerprint density at radius 3 is 1.29 bits per heavy atom. The van der Waals surface area contributed by atoms with Gasteiger partial charge in [-0.1, -0.05) is 46.4 Å². The van der Waals surface area contributed by atoms with Crippen LogP contribution in [0, 0.1) is 11.8 Å². The molecule has 0 aromatic carbocycles. The van der Waals surface area contributed by atoms with Crippen molar-refractivity contribution in [2.45, 2.75) is 14.1 Å². The predicted molar refractivity (Wildman–Crippen MR) is 78.8 cm³/mol. The minimum Gasteiger partial charge on any atom is -0.126 e. The van der Waals surface area contributed by atoms with E-state index in [2.05, 4.69) is 0 Å².